The average molecular weight is 323 g/mol. The highest BCUT2D eigenvalue weighted by atomic mass is 35.5. The molecule has 0 atom stereocenters. The van der Waals surface area contributed by atoms with E-state index in [1.165, 1.54) is 0 Å². The molecule has 21 heavy (non-hydrogen) atoms. The number of pyridine rings is 1. The van der Waals surface area contributed by atoms with E-state index in [9.17, 15) is 23.3 Å². The summed E-state index contributed by atoms with van der Waals surface area (Å²) in [6.45, 7) is 1.06. The minimum atomic E-state index is -4.51. The van der Waals surface area contributed by atoms with Gasteiger partial charge in [-0.05, 0) is 6.07 Å². The van der Waals surface area contributed by atoms with Crippen LogP contribution in [-0.2, 0) is 12.7 Å². The Labute approximate surface area is 122 Å². The van der Waals surface area contributed by atoms with Crippen LogP contribution in [0.15, 0.2) is 24.3 Å². The van der Waals surface area contributed by atoms with Crippen molar-refractivity contribution in [3.63, 3.8) is 0 Å². The second kappa shape index (κ2) is 5.76. The normalized spacial score (nSPS) is 17.1. The van der Waals surface area contributed by atoms with Crippen LogP contribution >= 0.6 is 11.6 Å². The lowest BCUT2D eigenvalue weighted by Crippen LogP contribution is -2.21. The second-order valence-corrected chi connectivity index (χ2v) is 4.71. The molecule has 0 bridgehead atoms. The van der Waals surface area contributed by atoms with Crippen molar-refractivity contribution in [2.45, 2.75) is 12.7 Å². The van der Waals surface area contributed by atoms with Gasteiger partial charge in [0.15, 0.2) is 5.82 Å². The van der Waals surface area contributed by atoms with Crippen LogP contribution in [0.2, 0.25) is 5.02 Å². The molecule has 1 saturated heterocycles. The third-order valence-electron chi connectivity index (χ3n) is 2.84. The molecule has 1 aromatic rings. The van der Waals surface area contributed by atoms with Crippen LogP contribution in [0.4, 0.5) is 13.2 Å². The van der Waals surface area contributed by atoms with Gasteiger partial charge in [-0.1, -0.05) is 11.6 Å². The Kier molecular flexibility index (Phi) is 4.21. The van der Waals surface area contributed by atoms with Crippen molar-refractivity contribution in [3.05, 3.63) is 50.7 Å². The number of aromatic nitrogens is 1. The number of hydrogen-bond donors (Lipinski definition) is 1. The molecule has 0 aliphatic carbocycles. The van der Waals surface area contributed by atoms with Gasteiger partial charge < -0.3 is 10.2 Å². The van der Waals surface area contributed by atoms with Crippen molar-refractivity contribution in [1.29, 1.82) is 0 Å². The summed E-state index contributed by atoms with van der Waals surface area (Å²) in [5.41, 5.74) is -0.709. The molecule has 1 N–H and O–H groups in total. The lowest BCUT2D eigenvalue weighted by atomic mass is 10.2. The molecule has 2 heterocycles. The summed E-state index contributed by atoms with van der Waals surface area (Å²) >= 11 is 5.80. The minimum Gasteiger partial charge on any atom is -0.365 e. The zero-order valence-corrected chi connectivity index (χ0v) is 11.3. The Hall–Kier alpha value is -2.03. The van der Waals surface area contributed by atoms with Gasteiger partial charge in [0.05, 0.1) is 27.7 Å². The summed E-state index contributed by atoms with van der Waals surface area (Å²) in [6, 6.07) is 0.796. The van der Waals surface area contributed by atoms with Gasteiger partial charge in [-0.15, -0.1) is 0 Å². The van der Waals surface area contributed by atoms with Gasteiger partial charge in [-0.2, -0.15) is 13.2 Å². The summed E-state index contributed by atoms with van der Waals surface area (Å²) in [5, 5.41) is 13.2. The topological polar surface area (TPSA) is 71.3 Å². The number of nitro groups is 1. The van der Waals surface area contributed by atoms with Gasteiger partial charge in [-0.3, -0.25) is 15.1 Å². The number of nitrogens with one attached hydrogen (secondary N) is 1. The molecular weight excluding hydrogens is 313 g/mol. The highest BCUT2D eigenvalue weighted by Gasteiger charge is 2.32. The number of rotatable bonds is 3. The fourth-order valence-electron chi connectivity index (χ4n) is 1.86. The van der Waals surface area contributed by atoms with Gasteiger partial charge in [0, 0.05) is 19.3 Å². The quantitative estimate of drug-likeness (QED) is 0.682. The molecule has 0 amide bonds. The van der Waals surface area contributed by atoms with Crippen LogP contribution < -0.4 is 5.32 Å². The smallest absolute Gasteiger partial charge is 0.365 e. The van der Waals surface area contributed by atoms with Crippen molar-refractivity contribution in [2.75, 3.05) is 13.1 Å². The Balaban J connectivity index is 2.18. The molecule has 2 rings (SSSR count). The molecule has 1 aliphatic rings. The first-order valence-electron chi connectivity index (χ1n) is 5.83. The molecule has 0 saturated carbocycles. The molecule has 10 heteroatoms. The van der Waals surface area contributed by atoms with Gasteiger partial charge in [0.1, 0.15) is 0 Å². The van der Waals surface area contributed by atoms with Crippen LogP contribution in [-0.4, -0.2) is 27.9 Å². The highest BCUT2D eigenvalue weighted by Crippen LogP contribution is 2.31. The first kappa shape index (κ1) is 15.4. The van der Waals surface area contributed by atoms with Gasteiger partial charge in [-0.25, -0.2) is 0 Å². The van der Waals surface area contributed by atoms with E-state index < -0.39 is 16.7 Å². The third kappa shape index (κ3) is 3.75. The van der Waals surface area contributed by atoms with Crippen molar-refractivity contribution in [3.8, 4) is 0 Å². The van der Waals surface area contributed by atoms with Crippen molar-refractivity contribution < 1.29 is 18.1 Å². The molecule has 114 valence electrons. The Morgan fingerprint density at radius 2 is 2.29 bits per heavy atom. The van der Waals surface area contributed by atoms with Crippen LogP contribution in [0.25, 0.3) is 0 Å². The molecule has 0 aromatic carbocycles. The monoisotopic (exact) mass is 322 g/mol. The van der Waals surface area contributed by atoms with Crippen molar-refractivity contribution in [1.82, 2.24) is 15.2 Å². The third-order valence-corrected chi connectivity index (χ3v) is 3.17. The fraction of sp³-hybridized carbons (Fsp3) is 0.364. The largest absolute Gasteiger partial charge is 0.417 e. The standard InChI is InChI=1S/C11H10ClF3N4O2/c12-8-3-7(11(13,14)15)4-17-9(8)5-18-2-1-16-10(18)6-19(20)21/h3-4,6,16H,1-2,5H2. The zero-order valence-electron chi connectivity index (χ0n) is 10.5. The average Bonchev–Trinajstić information content (AvgIpc) is 2.77. The SMILES string of the molecule is O=[N+]([O-])C=C1NCCN1Cc1ncc(C(F)(F)F)cc1Cl. The molecule has 6 nitrogen and oxygen atoms in total. The summed E-state index contributed by atoms with van der Waals surface area (Å²) in [4.78, 5) is 15.2. The Morgan fingerprint density at radius 3 is 2.86 bits per heavy atom. The van der Waals surface area contributed by atoms with E-state index in [4.69, 9.17) is 11.6 Å². The molecule has 0 spiro atoms. The highest BCUT2D eigenvalue weighted by molar-refractivity contribution is 6.31. The lowest BCUT2D eigenvalue weighted by molar-refractivity contribution is -0.404. The summed E-state index contributed by atoms with van der Waals surface area (Å²) in [6.07, 6.45) is -3.02. The lowest BCUT2D eigenvalue weighted by Gasteiger charge is -2.17. The summed E-state index contributed by atoms with van der Waals surface area (Å²) < 4.78 is 37.5. The van der Waals surface area contributed by atoms with Gasteiger partial charge >= 0.3 is 6.18 Å². The maximum Gasteiger partial charge on any atom is 0.417 e. The van der Waals surface area contributed by atoms with Crippen LogP contribution in [0, 0.1) is 10.1 Å². The molecule has 1 fully saturated rings. The number of nitrogens with zero attached hydrogens (tertiary/aromatic N) is 3. The second-order valence-electron chi connectivity index (χ2n) is 4.30. The zero-order chi connectivity index (χ0) is 15.6. The maximum atomic E-state index is 12.5. The van der Waals surface area contributed by atoms with Crippen LogP contribution in [0.1, 0.15) is 11.3 Å². The first-order valence-corrected chi connectivity index (χ1v) is 6.21. The molecular formula is C11H10ClF3N4O2. The number of halogens is 4. The van der Waals surface area contributed by atoms with E-state index in [-0.39, 0.29) is 23.1 Å². The van der Waals surface area contributed by atoms with Crippen molar-refractivity contribution >= 4 is 11.6 Å². The van der Waals surface area contributed by atoms with Crippen molar-refractivity contribution in [2.24, 2.45) is 0 Å². The number of alkyl halides is 3. The van der Waals surface area contributed by atoms with Crippen LogP contribution in [0.5, 0.6) is 0 Å². The molecule has 1 aromatic heterocycles. The summed E-state index contributed by atoms with van der Waals surface area (Å²) in [7, 11) is 0. The van der Waals surface area contributed by atoms with Gasteiger partial charge in [0.25, 0.3) is 6.20 Å². The van der Waals surface area contributed by atoms with E-state index >= 15 is 0 Å². The van der Waals surface area contributed by atoms with E-state index in [0.717, 1.165) is 12.3 Å². The predicted molar refractivity (Wildman–Crippen MR) is 67.7 cm³/mol. The van der Waals surface area contributed by atoms with Gasteiger partial charge in [0.2, 0.25) is 0 Å². The van der Waals surface area contributed by atoms with Crippen LogP contribution in [0.3, 0.4) is 0 Å². The van der Waals surface area contributed by atoms with E-state index in [2.05, 4.69) is 10.3 Å². The predicted octanol–water partition coefficient (Wildman–Crippen LogP) is 2.23. The Morgan fingerprint density at radius 1 is 1.57 bits per heavy atom. The number of hydrogen-bond acceptors (Lipinski definition) is 5. The Bertz CT molecular complexity index is 591. The molecule has 1 aliphatic heterocycles. The molecule has 0 unspecified atom stereocenters. The maximum absolute atomic E-state index is 12.5. The fourth-order valence-corrected chi connectivity index (χ4v) is 2.09. The molecule has 0 radical (unpaired) electrons. The van der Waals surface area contributed by atoms with E-state index in [0.29, 0.717) is 19.3 Å². The first-order chi connectivity index (χ1) is 9.77. The van der Waals surface area contributed by atoms with E-state index in [1.54, 1.807) is 4.90 Å². The van der Waals surface area contributed by atoms with E-state index in [1.807, 2.05) is 0 Å². The summed E-state index contributed by atoms with van der Waals surface area (Å²) in [5.74, 6) is 0.276. The minimum absolute atomic E-state index is 0.0869.